The van der Waals surface area contributed by atoms with Gasteiger partial charge in [-0.3, -0.25) is 4.79 Å². The molecule has 1 aromatic carbocycles. The fraction of sp³-hybridized carbons (Fsp3) is 0.188. The lowest BCUT2D eigenvalue weighted by molar-refractivity contribution is -0.0521. The number of hydrogen-bond donors (Lipinski definition) is 1. The van der Waals surface area contributed by atoms with Crippen molar-refractivity contribution >= 4 is 11.4 Å². The standard InChI is InChI=1S/C16H13F3N4O2/c1-9-4-13-11(8-22-23(13)21-6-9)7-20-15(24)10-2-3-14(12(17)5-10)25-16(18)19/h2-6,8,16H,7H2,1H3,(H,20,24). The number of nitrogens with one attached hydrogen (secondary N) is 1. The monoisotopic (exact) mass is 350 g/mol. The van der Waals surface area contributed by atoms with Crippen molar-refractivity contribution in [3.05, 3.63) is 59.2 Å². The van der Waals surface area contributed by atoms with Crippen LogP contribution in [0.25, 0.3) is 5.52 Å². The summed E-state index contributed by atoms with van der Waals surface area (Å²) in [5.74, 6) is -2.21. The van der Waals surface area contributed by atoms with Crippen LogP contribution in [0, 0.1) is 12.7 Å². The Bertz CT molecular complexity index is 927. The van der Waals surface area contributed by atoms with Gasteiger partial charge in [-0.1, -0.05) is 0 Å². The van der Waals surface area contributed by atoms with E-state index in [-0.39, 0.29) is 12.1 Å². The van der Waals surface area contributed by atoms with E-state index < -0.39 is 24.1 Å². The lowest BCUT2D eigenvalue weighted by Crippen LogP contribution is -2.23. The number of halogens is 3. The number of aryl methyl sites for hydroxylation is 1. The van der Waals surface area contributed by atoms with E-state index in [1.165, 1.54) is 10.7 Å². The molecule has 0 aliphatic carbocycles. The largest absolute Gasteiger partial charge is 0.432 e. The SMILES string of the molecule is Cc1cnn2ncc(CNC(=O)c3ccc(OC(F)F)c(F)c3)c2c1. The van der Waals surface area contributed by atoms with E-state index in [0.29, 0.717) is 0 Å². The van der Waals surface area contributed by atoms with Crippen LogP contribution < -0.4 is 10.1 Å². The van der Waals surface area contributed by atoms with Crippen molar-refractivity contribution in [3.63, 3.8) is 0 Å². The van der Waals surface area contributed by atoms with Crippen LogP contribution in [0.3, 0.4) is 0 Å². The summed E-state index contributed by atoms with van der Waals surface area (Å²) < 4.78 is 43.3. The normalized spacial score (nSPS) is 11.1. The topological polar surface area (TPSA) is 68.5 Å². The molecule has 0 aliphatic rings. The van der Waals surface area contributed by atoms with Gasteiger partial charge in [0.15, 0.2) is 11.6 Å². The van der Waals surface area contributed by atoms with E-state index in [9.17, 15) is 18.0 Å². The van der Waals surface area contributed by atoms with E-state index in [1.807, 2.05) is 13.0 Å². The number of carbonyl (C=O) groups is 1. The van der Waals surface area contributed by atoms with Crippen LogP contribution in [0.2, 0.25) is 0 Å². The first kappa shape index (κ1) is 16.7. The van der Waals surface area contributed by atoms with Gasteiger partial charge in [0.05, 0.1) is 17.9 Å². The zero-order valence-electron chi connectivity index (χ0n) is 13.0. The molecule has 130 valence electrons. The third-order valence-corrected chi connectivity index (χ3v) is 3.45. The van der Waals surface area contributed by atoms with Crippen molar-refractivity contribution in [2.45, 2.75) is 20.1 Å². The minimum atomic E-state index is -3.14. The van der Waals surface area contributed by atoms with E-state index >= 15 is 0 Å². The van der Waals surface area contributed by atoms with Crippen molar-refractivity contribution in [1.82, 2.24) is 20.1 Å². The van der Waals surface area contributed by atoms with Crippen molar-refractivity contribution in [1.29, 1.82) is 0 Å². The Balaban J connectivity index is 1.71. The van der Waals surface area contributed by atoms with Crippen LogP contribution in [0.5, 0.6) is 5.75 Å². The third-order valence-electron chi connectivity index (χ3n) is 3.45. The molecular formula is C16H13F3N4O2. The second-order valence-electron chi connectivity index (χ2n) is 5.28. The molecule has 0 aliphatic heterocycles. The minimum Gasteiger partial charge on any atom is -0.432 e. The molecule has 6 nitrogen and oxygen atoms in total. The van der Waals surface area contributed by atoms with Crippen molar-refractivity contribution < 1.29 is 22.7 Å². The zero-order valence-corrected chi connectivity index (χ0v) is 13.0. The van der Waals surface area contributed by atoms with Gasteiger partial charge in [-0.15, -0.1) is 0 Å². The molecule has 25 heavy (non-hydrogen) atoms. The molecule has 0 saturated carbocycles. The van der Waals surface area contributed by atoms with E-state index in [2.05, 4.69) is 20.3 Å². The highest BCUT2D eigenvalue weighted by Crippen LogP contribution is 2.20. The lowest BCUT2D eigenvalue weighted by atomic mass is 10.2. The van der Waals surface area contributed by atoms with Crippen LogP contribution in [0.15, 0.2) is 36.7 Å². The van der Waals surface area contributed by atoms with E-state index in [1.54, 1.807) is 12.4 Å². The summed E-state index contributed by atoms with van der Waals surface area (Å²) in [6, 6.07) is 4.91. The molecule has 9 heteroatoms. The van der Waals surface area contributed by atoms with Gasteiger partial charge >= 0.3 is 6.61 Å². The average Bonchev–Trinajstić information content (AvgIpc) is 2.96. The molecule has 0 spiro atoms. The summed E-state index contributed by atoms with van der Waals surface area (Å²) in [5, 5.41) is 10.8. The summed E-state index contributed by atoms with van der Waals surface area (Å²) in [6.07, 6.45) is 3.23. The maximum absolute atomic E-state index is 13.7. The number of fused-ring (bicyclic) bond motifs is 1. The highest BCUT2D eigenvalue weighted by molar-refractivity contribution is 5.94. The second-order valence-corrected chi connectivity index (χ2v) is 5.28. The third kappa shape index (κ3) is 3.70. The van der Waals surface area contributed by atoms with Crippen LogP contribution >= 0.6 is 0 Å². The number of rotatable bonds is 5. The van der Waals surface area contributed by atoms with Gasteiger partial charge in [0.2, 0.25) is 0 Å². The number of nitrogens with zero attached hydrogens (tertiary/aromatic N) is 3. The first-order chi connectivity index (χ1) is 11.9. The molecular weight excluding hydrogens is 337 g/mol. The number of ether oxygens (including phenoxy) is 1. The molecule has 0 saturated heterocycles. The number of aromatic nitrogens is 3. The Hall–Kier alpha value is -3.10. The maximum atomic E-state index is 13.7. The summed E-state index contributed by atoms with van der Waals surface area (Å²) in [4.78, 5) is 12.1. The maximum Gasteiger partial charge on any atom is 0.387 e. The van der Waals surface area contributed by atoms with Crippen molar-refractivity contribution in [2.24, 2.45) is 0 Å². The van der Waals surface area contributed by atoms with Crippen LogP contribution in [-0.4, -0.2) is 27.3 Å². The van der Waals surface area contributed by atoms with E-state index in [4.69, 9.17) is 0 Å². The fourth-order valence-electron chi connectivity index (χ4n) is 2.27. The van der Waals surface area contributed by atoms with Crippen molar-refractivity contribution in [2.75, 3.05) is 0 Å². The van der Waals surface area contributed by atoms with Gasteiger partial charge in [0, 0.05) is 17.7 Å². The zero-order chi connectivity index (χ0) is 18.0. The number of benzene rings is 1. The van der Waals surface area contributed by atoms with Gasteiger partial charge in [-0.05, 0) is 36.8 Å². The van der Waals surface area contributed by atoms with Crippen LogP contribution in [-0.2, 0) is 6.54 Å². The quantitative estimate of drug-likeness (QED) is 0.768. The summed E-state index contributed by atoms with van der Waals surface area (Å²) in [7, 11) is 0. The molecule has 0 radical (unpaired) electrons. The lowest BCUT2D eigenvalue weighted by Gasteiger charge is -2.08. The molecule has 1 N–H and O–H groups in total. The highest BCUT2D eigenvalue weighted by atomic mass is 19.3. The van der Waals surface area contributed by atoms with Gasteiger partial charge in [0.25, 0.3) is 5.91 Å². The predicted octanol–water partition coefficient (Wildman–Crippen LogP) is 2.71. The molecule has 0 unspecified atom stereocenters. The van der Waals surface area contributed by atoms with Gasteiger partial charge in [-0.2, -0.15) is 23.6 Å². The molecule has 2 aromatic heterocycles. The number of amides is 1. The Morgan fingerprint density at radius 1 is 1.28 bits per heavy atom. The average molecular weight is 350 g/mol. The van der Waals surface area contributed by atoms with E-state index in [0.717, 1.165) is 28.8 Å². The molecule has 3 rings (SSSR count). The summed E-state index contributed by atoms with van der Waals surface area (Å²) in [5.41, 5.74) is 2.41. The first-order valence-corrected chi connectivity index (χ1v) is 7.26. The molecule has 0 bridgehead atoms. The number of hydrogen-bond acceptors (Lipinski definition) is 4. The first-order valence-electron chi connectivity index (χ1n) is 7.26. The molecule has 1 amide bonds. The van der Waals surface area contributed by atoms with Gasteiger partial charge in [0.1, 0.15) is 0 Å². The summed E-state index contributed by atoms with van der Waals surface area (Å²) >= 11 is 0. The number of alkyl halides is 2. The molecule has 3 aromatic rings. The van der Waals surface area contributed by atoms with Gasteiger partial charge < -0.3 is 10.1 Å². The fourth-order valence-corrected chi connectivity index (χ4v) is 2.27. The van der Waals surface area contributed by atoms with Crippen LogP contribution in [0.1, 0.15) is 21.5 Å². The summed E-state index contributed by atoms with van der Waals surface area (Å²) in [6.45, 7) is -1.10. The minimum absolute atomic E-state index is 0.00936. The number of carbonyl (C=O) groups excluding carboxylic acids is 1. The Morgan fingerprint density at radius 2 is 2.04 bits per heavy atom. The van der Waals surface area contributed by atoms with Gasteiger partial charge in [-0.25, -0.2) is 4.39 Å². The Labute approximate surface area is 140 Å². The van der Waals surface area contributed by atoms with Crippen LogP contribution in [0.4, 0.5) is 13.2 Å². The second kappa shape index (κ2) is 6.80. The Kier molecular flexibility index (Phi) is 4.55. The smallest absolute Gasteiger partial charge is 0.387 e. The molecule has 0 atom stereocenters. The highest BCUT2D eigenvalue weighted by Gasteiger charge is 2.14. The molecule has 0 fully saturated rings. The van der Waals surface area contributed by atoms with Crippen molar-refractivity contribution in [3.8, 4) is 5.75 Å². The predicted molar refractivity (Wildman–Crippen MR) is 81.9 cm³/mol. The Morgan fingerprint density at radius 3 is 2.76 bits per heavy atom. The molecule has 2 heterocycles.